The summed E-state index contributed by atoms with van der Waals surface area (Å²) in [6, 6.07) is 7.87. The first-order chi connectivity index (χ1) is 14.7. The topological polar surface area (TPSA) is 35.5 Å². The standard InChI is InChI=1S/C27H42O3/c1-3-4-5-6-21-7-11-23(12-8-21)24-13-15-25(16-14-24)27(28)30-26-17-9-22(10-18-26)19-20-29-2/h9-10,17-18,21,23-25H,3-8,11-16,19-20H2,1-2H3. The Kier molecular flexibility index (Phi) is 9.71. The largest absolute Gasteiger partial charge is 0.426 e. The number of unbranched alkanes of at least 4 members (excludes halogenated alkanes) is 2. The van der Waals surface area contributed by atoms with E-state index in [4.69, 9.17) is 9.47 Å². The molecule has 2 aliphatic carbocycles. The molecule has 0 amide bonds. The summed E-state index contributed by atoms with van der Waals surface area (Å²) < 4.78 is 10.8. The third kappa shape index (κ3) is 7.11. The molecule has 0 aromatic heterocycles. The van der Waals surface area contributed by atoms with Gasteiger partial charge in [-0.2, -0.15) is 0 Å². The van der Waals surface area contributed by atoms with Crippen LogP contribution in [0.4, 0.5) is 0 Å². The normalized spacial score (nSPS) is 27.0. The highest BCUT2D eigenvalue weighted by molar-refractivity contribution is 5.75. The Morgan fingerprint density at radius 1 is 0.900 bits per heavy atom. The molecule has 1 aromatic rings. The second kappa shape index (κ2) is 12.5. The lowest BCUT2D eigenvalue weighted by atomic mass is 9.68. The summed E-state index contributed by atoms with van der Waals surface area (Å²) >= 11 is 0. The molecule has 0 N–H and O–H groups in total. The van der Waals surface area contributed by atoms with Gasteiger partial charge in [-0.1, -0.05) is 57.6 Å². The molecule has 2 fully saturated rings. The highest BCUT2D eigenvalue weighted by Gasteiger charge is 2.33. The van der Waals surface area contributed by atoms with E-state index in [1.807, 2.05) is 24.3 Å². The molecule has 0 atom stereocenters. The number of carbonyl (C=O) groups excluding carboxylic acids is 1. The number of rotatable bonds is 10. The van der Waals surface area contributed by atoms with Crippen molar-refractivity contribution in [3.8, 4) is 5.75 Å². The molecule has 3 heteroatoms. The minimum absolute atomic E-state index is 0.0299. The van der Waals surface area contributed by atoms with E-state index in [1.165, 1.54) is 69.8 Å². The van der Waals surface area contributed by atoms with Crippen LogP contribution >= 0.6 is 0 Å². The molecule has 0 heterocycles. The highest BCUT2D eigenvalue weighted by Crippen LogP contribution is 2.42. The minimum Gasteiger partial charge on any atom is -0.426 e. The van der Waals surface area contributed by atoms with E-state index < -0.39 is 0 Å². The maximum absolute atomic E-state index is 12.6. The van der Waals surface area contributed by atoms with Gasteiger partial charge in [-0.3, -0.25) is 4.79 Å². The molecule has 30 heavy (non-hydrogen) atoms. The van der Waals surface area contributed by atoms with Crippen molar-refractivity contribution in [1.82, 2.24) is 0 Å². The van der Waals surface area contributed by atoms with E-state index in [-0.39, 0.29) is 11.9 Å². The Morgan fingerprint density at radius 2 is 1.53 bits per heavy atom. The lowest BCUT2D eigenvalue weighted by Gasteiger charge is -2.37. The van der Waals surface area contributed by atoms with Gasteiger partial charge in [0, 0.05) is 7.11 Å². The van der Waals surface area contributed by atoms with E-state index in [2.05, 4.69) is 6.92 Å². The quantitative estimate of drug-likeness (QED) is 0.235. The average molecular weight is 415 g/mol. The molecule has 0 unspecified atom stereocenters. The molecule has 3 rings (SSSR count). The molecule has 0 radical (unpaired) electrons. The first-order valence-electron chi connectivity index (χ1n) is 12.5. The van der Waals surface area contributed by atoms with E-state index in [0.717, 1.165) is 37.0 Å². The van der Waals surface area contributed by atoms with Crippen molar-refractivity contribution in [2.24, 2.45) is 23.7 Å². The monoisotopic (exact) mass is 414 g/mol. The van der Waals surface area contributed by atoms with Crippen molar-refractivity contribution in [3.05, 3.63) is 29.8 Å². The van der Waals surface area contributed by atoms with Crippen molar-refractivity contribution in [2.75, 3.05) is 13.7 Å². The molecule has 1 aromatic carbocycles. The smallest absolute Gasteiger partial charge is 0.314 e. The van der Waals surface area contributed by atoms with Crippen molar-refractivity contribution in [3.63, 3.8) is 0 Å². The van der Waals surface area contributed by atoms with Crippen LogP contribution in [0.2, 0.25) is 0 Å². The van der Waals surface area contributed by atoms with Crippen LogP contribution in [-0.2, 0) is 16.0 Å². The number of carbonyl (C=O) groups is 1. The SMILES string of the molecule is CCCCCC1CCC(C2CCC(C(=O)Oc3ccc(CCOC)cc3)CC2)CC1. The van der Waals surface area contributed by atoms with Gasteiger partial charge in [0.15, 0.2) is 0 Å². The van der Waals surface area contributed by atoms with Crippen LogP contribution in [0.15, 0.2) is 24.3 Å². The molecule has 0 spiro atoms. The van der Waals surface area contributed by atoms with Gasteiger partial charge in [-0.15, -0.1) is 0 Å². The molecule has 2 aliphatic rings. The second-order valence-corrected chi connectivity index (χ2v) is 9.70. The first kappa shape index (κ1) is 23.3. The van der Waals surface area contributed by atoms with Gasteiger partial charge in [0.25, 0.3) is 0 Å². The van der Waals surface area contributed by atoms with Gasteiger partial charge < -0.3 is 9.47 Å². The summed E-state index contributed by atoms with van der Waals surface area (Å²) in [6.07, 6.45) is 16.7. The maximum atomic E-state index is 12.6. The number of ether oxygens (including phenoxy) is 2. The van der Waals surface area contributed by atoms with Crippen LogP contribution in [-0.4, -0.2) is 19.7 Å². The predicted molar refractivity (Wildman–Crippen MR) is 123 cm³/mol. The number of hydrogen-bond donors (Lipinski definition) is 0. The van der Waals surface area contributed by atoms with Gasteiger partial charge >= 0.3 is 5.97 Å². The van der Waals surface area contributed by atoms with Gasteiger partial charge in [-0.25, -0.2) is 0 Å². The molecule has 0 bridgehead atoms. The van der Waals surface area contributed by atoms with Crippen molar-refractivity contribution in [1.29, 1.82) is 0 Å². The van der Waals surface area contributed by atoms with Gasteiger partial charge in [0.05, 0.1) is 12.5 Å². The summed E-state index contributed by atoms with van der Waals surface area (Å²) in [7, 11) is 1.71. The van der Waals surface area contributed by atoms with Gasteiger partial charge in [0.2, 0.25) is 0 Å². The zero-order chi connectivity index (χ0) is 21.2. The van der Waals surface area contributed by atoms with E-state index >= 15 is 0 Å². The molecule has 2 saturated carbocycles. The summed E-state index contributed by atoms with van der Waals surface area (Å²) in [4.78, 5) is 12.6. The van der Waals surface area contributed by atoms with Crippen LogP contribution < -0.4 is 4.74 Å². The van der Waals surface area contributed by atoms with Gasteiger partial charge in [0.1, 0.15) is 5.75 Å². The van der Waals surface area contributed by atoms with Crippen LogP contribution in [0.1, 0.15) is 89.5 Å². The second-order valence-electron chi connectivity index (χ2n) is 9.70. The van der Waals surface area contributed by atoms with Crippen molar-refractivity contribution < 1.29 is 14.3 Å². The summed E-state index contributed by atoms with van der Waals surface area (Å²) in [6.45, 7) is 3.01. The number of methoxy groups -OCH3 is 1. The zero-order valence-corrected chi connectivity index (χ0v) is 19.2. The van der Waals surface area contributed by atoms with Crippen LogP contribution in [0.25, 0.3) is 0 Å². The Morgan fingerprint density at radius 3 is 2.13 bits per heavy atom. The summed E-state index contributed by atoms with van der Waals surface area (Å²) in [5.74, 6) is 3.46. The van der Waals surface area contributed by atoms with Crippen LogP contribution in [0.5, 0.6) is 5.75 Å². The van der Waals surface area contributed by atoms with Crippen LogP contribution in [0.3, 0.4) is 0 Å². The maximum Gasteiger partial charge on any atom is 0.314 e. The fourth-order valence-electron chi connectivity index (χ4n) is 5.60. The van der Waals surface area contributed by atoms with E-state index in [9.17, 15) is 4.79 Å². The fraction of sp³-hybridized carbons (Fsp3) is 0.741. The lowest BCUT2D eigenvalue weighted by molar-refractivity contribution is -0.140. The highest BCUT2D eigenvalue weighted by atomic mass is 16.5. The Hall–Kier alpha value is -1.35. The lowest BCUT2D eigenvalue weighted by Crippen LogP contribution is -2.30. The number of hydrogen-bond acceptors (Lipinski definition) is 3. The first-order valence-corrected chi connectivity index (χ1v) is 12.5. The zero-order valence-electron chi connectivity index (χ0n) is 19.2. The molecule has 168 valence electrons. The summed E-state index contributed by atoms with van der Waals surface area (Å²) in [5.41, 5.74) is 1.21. The molecular weight excluding hydrogens is 372 g/mol. The Bertz CT molecular complexity index is 608. The third-order valence-corrected chi connectivity index (χ3v) is 7.62. The molecule has 0 aliphatic heterocycles. The van der Waals surface area contributed by atoms with Crippen LogP contribution in [0, 0.1) is 23.7 Å². The van der Waals surface area contributed by atoms with Crippen molar-refractivity contribution >= 4 is 5.97 Å². The Labute approximate surface area is 183 Å². The third-order valence-electron chi connectivity index (χ3n) is 7.62. The predicted octanol–water partition coefficient (Wildman–Crippen LogP) is 6.97. The summed E-state index contributed by atoms with van der Waals surface area (Å²) in [5, 5.41) is 0. The molecule has 0 saturated heterocycles. The Balaban J connectivity index is 1.36. The fourth-order valence-corrected chi connectivity index (χ4v) is 5.60. The van der Waals surface area contributed by atoms with Crippen molar-refractivity contribution in [2.45, 2.75) is 90.4 Å². The minimum atomic E-state index is -0.0299. The number of esters is 1. The molecular formula is C27H42O3. The van der Waals surface area contributed by atoms with E-state index in [0.29, 0.717) is 12.4 Å². The average Bonchev–Trinajstić information content (AvgIpc) is 2.79. The van der Waals surface area contributed by atoms with Gasteiger partial charge in [-0.05, 0) is 80.4 Å². The molecule has 3 nitrogen and oxygen atoms in total. The van der Waals surface area contributed by atoms with E-state index in [1.54, 1.807) is 7.11 Å². The number of benzene rings is 1.